The molecule has 8 heteroatoms. The van der Waals surface area contributed by atoms with E-state index >= 15 is 0 Å². The van der Waals surface area contributed by atoms with Crippen molar-refractivity contribution in [1.82, 2.24) is 19.7 Å². The Bertz CT molecular complexity index is 1080. The fourth-order valence-corrected chi connectivity index (χ4v) is 3.74. The Balaban J connectivity index is 1.95. The van der Waals surface area contributed by atoms with Crippen molar-refractivity contribution in [1.29, 1.82) is 0 Å². The number of rotatable bonds is 3. The van der Waals surface area contributed by atoms with Gasteiger partial charge >= 0.3 is 0 Å². The molecule has 1 aliphatic rings. The van der Waals surface area contributed by atoms with Crippen molar-refractivity contribution in [3.05, 3.63) is 48.0 Å². The van der Waals surface area contributed by atoms with Crippen LogP contribution in [-0.4, -0.2) is 34.4 Å². The molecule has 0 amide bonds. The highest BCUT2D eigenvalue weighted by atomic mass is 32.2. The van der Waals surface area contributed by atoms with E-state index in [9.17, 15) is 12.8 Å². The first-order valence-electron chi connectivity index (χ1n) is 8.32. The van der Waals surface area contributed by atoms with Crippen molar-refractivity contribution in [2.24, 2.45) is 0 Å². The molecule has 0 bridgehead atoms. The van der Waals surface area contributed by atoms with Crippen LogP contribution < -0.4 is 0 Å². The van der Waals surface area contributed by atoms with E-state index in [1.165, 1.54) is 18.3 Å². The Morgan fingerprint density at radius 2 is 1.88 bits per heavy atom. The summed E-state index contributed by atoms with van der Waals surface area (Å²) in [5.74, 6) is -0.319. The Labute approximate surface area is 150 Å². The molecule has 0 unspecified atom stereocenters. The van der Waals surface area contributed by atoms with Crippen LogP contribution in [0, 0.1) is 5.82 Å². The van der Waals surface area contributed by atoms with Gasteiger partial charge in [0.2, 0.25) is 15.0 Å². The molecule has 3 heterocycles. The average molecular weight is 372 g/mol. The smallest absolute Gasteiger partial charge is 0.247 e. The van der Waals surface area contributed by atoms with Gasteiger partial charge in [-0.25, -0.2) is 22.8 Å². The monoisotopic (exact) mass is 372 g/mol. The van der Waals surface area contributed by atoms with Crippen molar-refractivity contribution in [2.75, 3.05) is 6.26 Å². The molecule has 1 aromatic carbocycles. The topological polar surface area (TPSA) is 77.7 Å². The Morgan fingerprint density at radius 3 is 2.62 bits per heavy atom. The van der Waals surface area contributed by atoms with E-state index in [-0.39, 0.29) is 11.0 Å². The summed E-state index contributed by atoms with van der Waals surface area (Å²) < 4.78 is 39.0. The number of sulfone groups is 1. The van der Waals surface area contributed by atoms with Gasteiger partial charge in [-0.1, -0.05) is 0 Å². The predicted molar refractivity (Wildman–Crippen MR) is 94.7 cm³/mol. The SMILES string of the molecule is CS(=O)(=O)c1nccc(-c2c(-c3ccc(F)cc3)nn3c2CCCC3)n1. The fraction of sp³-hybridized carbons (Fsp3) is 0.278. The van der Waals surface area contributed by atoms with E-state index in [0.717, 1.165) is 48.9 Å². The molecule has 6 nitrogen and oxygen atoms in total. The van der Waals surface area contributed by atoms with Gasteiger partial charge in [0.1, 0.15) is 11.5 Å². The number of halogens is 1. The van der Waals surface area contributed by atoms with Gasteiger partial charge in [0.25, 0.3) is 0 Å². The minimum Gasteiger partial charge on any atom is -0.268 e. The van der Waals surface area contributed by atoms with Gasteiger partial charge in [0.15, 0.2) is 0 Å². The van der Waals surface area contributed by atoms with Crippen molar-refractivity contribution in [3.63, 3.8) is 0 Å². The first-order valence-corrected chi connectivity index (χ1v) is 10.2. The second kappa shape index (κ2) is 6.28. The zero-order valence-corrected chi connectivity index (χ0v) is 15.0. The molecular weight excluding hydrogens is 355 g/mol. The zero-order valence-electron chi connectivity index (χ0n) is 14.2. The van der Waals surface area contributed by atoms with Gasteiger partial charge in [-0.15, -0.1) is 0 Å². The molecule has 3 aromatic rings. The quantitative estimate of drug-likeness (QED) is 0.661. The van der Waals surface area contributed by atoms with Crippen molar-refractivity contribution in [3.8, 4) is 22.5 Å². The van der Waals surface area contributed by atoms with Crippen LogP contribution in [0.4, 0.5) is 4.39 Å². The van der Waals surface area contributed by atoms with E-state index in [1.54, 1.807) is 18.2 Å². The summed E-state index contributed by atoms with van der Waals surface area (Å²) in [6, 6.07) is 7.81. The fourth-order valence-electron chi connectivity index (χ4n) is 3.23. The number of hydrogen-bond acceptors (Lipinski definition) is 5. The third-order valence-electron chi connectivity index (χ3n) is 4.43. The van der Waals surface area contributed by atoms with Gasteiger partial charge in [0, 0.05) is 35.8 Å². The van der Waals surface area contributed by atoms with Crippen LogP contribution in [0.2, 0.25) is 0 Å². The second-order valence-electron chi connectivity index (χ2n) is 6.35. The molecule has 0 atom stereocenters. The Hall–Kier alpha value is -2.61. The lowest BCUT2D eigenvalue weighted by molar-refractivity contribution is 0.487. The summed E-state index contributed by atoms with van der Waals surface area (Å²) >= 11 is 0. The van der Waals surface area contributed by atoms with E-state index in [2.05, 4.69) is 9.97 Å². The summed E-state index contributed by atoms with van der Waals surface area (Å²) in [7, 11) is -3.52. The molecule has 0 spiro atoms. The van der Waals surface area contributed by atoms with Crippen molar-refractivity contribution < 1.29 is 12.8 Å². The molecule has 0 radical (unpaired) electrons. The third kappa shape index (κ3) is 3.01. The average Bonchev–Trinajstić information content (AvgIpc) is 3.01. The molecule has 0 saturated heterocycles. The van der Waals surface area contributed by atoms with Gasteiger partial charge in [-0.2, -0.15) is 5.10 Å². The largest absolute Gasteiger partial charge is 0.268 e. The zero-order chi connectivity index (χ0) is 18.3. The van der Waals surface area contributed by atoms with Gasteiger partial charge in [-0.3, -0.25) is 4.68 Å². The van der Waals surface area contributed by atoms with Crippen LogP contribution in [0.15, 0.2) is 41.7 Å². The number of hydrogen-bond donors (Lipinski definition) is 0. The summed E-state index contributed by atoms with van der Waals surface area (Å²) in [6.45, 7) is 0.799. The number of nitrogens with zero attached hydrogens (tertiary/aromatic N) is 4. The molecular formula is C18H17FN4O2S. The number of fused-ring (bicyclic) bond motifs is 1. The maximum Gasteiger partial charge on any atom is 0.247 e. The van der Waals surface area contributed by atoms with Crippen molar-refractivity contribution in [2.45, 2.75) is 31.0 Å². The van der Waals surface area contributed by atoms with Crippen molar-refractivity contribution >= 4 is 9.84 Å². The molecule has 134 valence electrons. The molecule has 0 N–H and O–H groups in total. The highest BCUT2D eigenvalue weighted by molar-refractivity contribution is 7.90. The third-order valence-corrected chi connectivity index (χ3v) is 5.29. The van der Waals surface area contributed by atoms with Crippen LogP contribution in [0.25, 0.3) is 22.5 Å². The van der Waals surface area contributed by atoms with Crippen LogP contribution in [0.3, 0.4) is 0 Å². The lowest BCUT2D eigenvalue weighted by Crippen LogP contribution is -2.11. The molecule has 0 fully saturated rings. The highest BCUT2D eigenvalue weighted by Gasteiger charge is 2.24. The number of aryl methyl sites for hydroxylation is 1. The first kappa shape index (κ1) is 16.8. The molecule has 2 aromatic heterocycles. The van der Waals surface area contributed by atoms with E-state index in [0.29, 0.717) is 11.4 Å². The van der Waals surface area contributed by atoms with E-state index in [1.807, 2.05) is 4.68 Å². The molecule has 4 rings (SSSR count). The van der Waals surface area contributed by atoms with Crippen LogP contribution in [-0.2, 0) is 22.8 Å². The first-order chi connectivity index (χ1) is 12.4. The molecule has 0 saturated carbocycles. The number of benzene rings is 1. The summed E-state index contributed by atoms with van der Waals surface area (Å²) in [5, 5.41) is 4.49. The highest BCUT2D eigenvalue weighted by Crippen LogP contribution is 2.36. The van der Waals surface area contributed by atoms with Gasteiger partial charge in [-0.05, 0) is 49.6 Å². The van der Waals surface area contributed by atoms with Crippen LogP contribution in [0.1, 0.15) is 18.5 Å². The maximum atomic E-state index is 13.3. The minimum absolute atomic E-state index is 0.212. The van der Waals surface area contributed by atoms with E-state index in [4.69, 9.17) is 5.10 Å². The second-order valence-corrected chi connectivity index (χ2v) is 8.26. The lowest BCUT2D eigenvalue weighted by Gasteiger charge is -2.14. The van der Waals surface area contributed by atoms with Gasteiger partial charge in [0.05, 0.1) is 5.69 Å². The van der Waals surface area contributed by atoms with Crippen LogP contribution in [0.5, 0.6) is 0 Å². The molecule has 26 heavy (non-hydrogen) atoms. The summed E-state index contributed by atoms with van der Waals surface area (Å²) in [5.41, 5.74) is 3.78. The summed E-state index contributed by atoms with van der Waals surface area (Å²) in [4.78, 5) is 8.14. The summed E-state index contributed by atoms with van der Waals surface area (Å²) in [6.07, 6.45) is 5.43. The minimum atomic E-state index is -3.52. The molecule has 0 aliphatic carbocycles. The predicted octanol–water partition coefficient (Wildman–Crippen LogP) is 2.89. The number of aromatic nitrogens is 4. The standard InChI is InChI=1S/C18H17FN4O2S/c1-26(24,25)18-20-10-9-14(21-18)16-15-4-2-3-11-23(15)22-17(16)12-5-7-13(19)8-6-12/h5-10H,2-4,11H2,1H3. The lowest BCUT2D eigenvalue weighted by atomic mass is 9.99. The Kier molecular flexibility index (Phi) is 4.07. The Morgan fingerprint density at radius 1 is 1.12 bits per heavy atom. The normalized spacial score (nSPS) is 14.2. The van der Waals surface area contributed by atoms with Crippen LogP contribution >= 0.6 is 0 Å². The van der Waals surface area contributed by atoms with Gasteiger partial charge < -0.3 is 0 Å². The van der Waals surface area contributed by atoms with E-state index < -0.39 is 9.84 Å². The molecule has 1 aliphatic heterocycles. The maximum absolute atomic E-state index is 13.3.